The van der Waals surface area contributed by atoms with Gasteiger partial charge in [0.2, 0.25) is 0 Å². The van der Waals surface area contributed by atoms with Gasteiger partial charge in [-0.15, -0.1) is 0 Å². The smallest absolute Gasteiger partial charge is 0.100 e. The molecule has 0 aliphatic heterocycles. The second-order valence-corrected chi connectivity index (χ2v) is 2.26. The molecule has 1 heteroatoms. The van der Waals surface area contributed by atoms with Crippen molar-refractivity contribution >= 4 is 6.08 Å². The Morgan fingerprint density at radius 1 is 1.42 bits per heavy atom. The minimum Gasteiger partial charge on any atom is -0.192 e. The largest absolute Gasteiger partial charge is 0.192 e. The molecule has 0 saturated heterocycles. The Morgan fingerprint density at radius 3 is 2.67 bits per heavy atom. The SMILES string of the molecule is C=[C]c1cccc(C=C)c1C#N. The molecule has 0 N–H and O–H groups in total. The average molecular weight is 154 g/mol. The molecule has 0 spiro atoms. The zero-order chi connectivity index (χ0) is 8.97. The van der Waals surface area contributed by atoms with Crippen molar-refractivity contribution in [3.63, 3.8) is 0 Å². The highest BCUT2D eigenvalue weighted by Gasteiger charge is 2.01. The predicted molar refractivity (Wildman–Crippen MR) is 49.2 cm³/mol. The molecule has 0 aliphatic rings. The third-order valence-corrected chi connectivity index (χ3v) is 1.62. The van der Waals surface area contributed by atoms with Crippen LogP contribution in [0, 0.1) is 17.4 Å². The van der Waals surface area contributed by atoms with Crippen molar-refractivity contribution in [3.8, 4) is 6.07 Å². The number of nitrogens with zero attached hydrogens (tertiary/aromatic N) is 1. The average Bonchev–Trinajstić information content (AvgIpc) is 2.16. The van der Waals surface area contributed by atoms with Crippen LogP contribution in [0.3, 0.4) is 0 Å². The first-order valence-electron chi connectivity index (χ1n) is 3.52. The topological polar surface area (TPSA) is 23.8 Å². The highest BCUT2D eigenvalue weighted by molar-refractivity contribution is 5.60. The summed E-state index contributed by atoms with van der Waals surface area (Å²) in [6.07, 6.45) is 4.35. The minimum atomic E-state index is 0.586. The van der Waals surface area contributed by atoms with Gasteiger partial charge in [-0.2, -0.15) is 5.26 Å². The first-order chi connectivity index (χ1) is 5.83. The second kappa shape index (κ2) is 3.54. The molecule has 12 heavy (non-hydrogen) atoms. The van der Waals surface area contributed by atoms with E-state index in [1.165, 1.54) is 0 Å². The van der Waals surface area contributed by atoms with Crippen LogP contribution in [0.15, 0.2) is 31.4 Å². The third-order valence-electron chi connectivity index (χ3n) is 1.62. The molecule has 0 bridgehead atoms. The van der Waals surface area contributed by atoms with Crippen LogP contribution >= 0.6 is 0 Å². The third kappa shape index (κ3) is 1.28. The van der Waals surface area contributed by atoms with Crippen molar-refractivity contribution in [3.05, 3.63) is 54.1 Å². The van der Waals surface area contributed by atoms with Crippen LogP contribution in [0.4, 0.5) is 0 Å². The van der Waals surface area contributed by atoms with Crippen LogP contribution in [0.25, 0.3) is 6.08 Å². The van der Waals surface area contributed by atoms with E-state index in [4.69, 9.17) is 5.26 Å². The molecule has 0 fully saturated rings. The van der Waals surface area contributed by atoms with Gasteiger partial charge >= 0.3 is 0 Å². The lowest BCUT2D eigenvalue weighted by Gasteiger charge is -1.99. The van der Waals surface area contributed by atoms with Crippen LogP contribution in [0.1, 0.15) is 16.7 Å². The van der Waals surface area contributed by atoms with Crippen LogP contribution < -0.4 is 0 Å². The summed E-state index contributed by atoms with van der Waals surface area (Å²) in [6, 6.07) is 7.59. The molecule has 0 saturated carbocycles. The molecule has 0 aliphatic carbocycles. The number of benzene rings is 1. The van der Waals surface area contributed by atoms with Crippen LogP contribution in [-0.4, -0.2) is 0 Å². The summed E-state index contributed by atoms with van der Waals surface area (Å²) in [7, 11) is 0. The molecule has 1 nitrogen and oxygen atoms in total. The number of hydrogen-bond donors (Lipinski definition) is 0. The van der Waals surface area contributed by atoms with Crippen LogP contribution in [0.2, 0.25) is 0 Å². The summed E-state index contributed by atoms with van der Waals surface area (Å²) in [6.45, 7) is 7.12. The van der Waals surface area contributed by atoms with Crippen molar-refractivity contribution in [2.24, 2.45) is 0 Å². The zero-order valence-electron chi connectivity index (χ0n) is 6.67. The van der Waals surface area contributed by atoms with E-state index in [-0.39, 0.29) is 0 Å². The van der Waals surface area contributed by atoms with Gasteiger partial charge in [-0.05, 0) is 11.6 Å². The molecule has 0 aromatic heterocycles. The fourth-order valence-electron chi connectivity index (χ4n) is 1.01. The quantitative estimate of drug-likeness (QED) is 0.642. The van der Waals surface area contributed by atoms with Crippen molar-refractivity contribution in [2.45, 2.75) is 0 Å². The van der Waals surface area contributed by atoms with Gasteiger partial charge in [-0.3, -0.25) is 0 Å². The lowest BCUT2D eigenvalue weighted by atomic mass is 10.0. The summed E-state index contributed by atoms with van der Waals surface area (Å²) in [5, 5.41) is 8.80. The highest BCUT2D eigenvalue weighted by Crippen LogP contribution is 2.14. The molecular formula is C11H8N. The van der Waals surface area contributed by atoms with E-state index in [9.17, 15) is 0 Å². The standard InChI is InChI=1S/C11H8N/c1-3-9-6-5-7-10(4-2)11(9)8-12/h3,5-7H,1-2H2. The van der Waals surface area contributed by atoms with E-state index in [0.717, 1.165) is 11.1 Å². The van der Waals surface area contributed by atoms with E-state index in [1.807, 2.05) is 12.1 Å². The molecule has 0 atom stereocenters. The second-order valence-electron chi connectivity index (χ2n) is 2.26. The summed E-state index contributed by atoms with van der Waals surface area (Å²) in [4.78, 5) is 0. The Bertz CT molecular complexity index is 330. The molecule has 1 rings (SSSR count). The summed E-state index contributed by atoms with van der Waals surface area (Å²) in [5.41, 5.74) is 2.14. The van der Waals surface area contributed by atoms with Gasteiger partial charge in [0.05, 0.1) is 5.56 Å². The molecule has 57 valence electrons. The van der Waals surface area contributed by atoms with Gasteiger partial charge < -0.3 is 0 Å². The lowest BCUT2D eigenvalue weighted by Crippen LogP contribution is -1.86. The van der Waals surface area contributed by atoms with Crippen molar-refractivity contribution in [2.75, 3.05) is 0 Å². The Hall–Kier alpha value is -1.81. The van der Waals surface area contributed by atoms with E-state index >= 15 is 0 Å². The first kappa shape index (κ1) is 8.29. The van der Waals surface area contributed by atoms with Gasteiger partial charge in [-0.1, -0.05) is 37.4 Å². The molecule has 1 aromatic carbocycles. The van der Waals surface area contributed by atoms with Gasteiger partial charge in [0.1, 0.15) is 6.07 Å². The van der Waals surface area contributed by atoms with Gasteiger partial charge in [-0.25, -0.2) is 0 Å². The summed E-state index contributed by atoms with van der Waals surface area (Å²) in [5.74, 6) is 0. The number of rotatable bonds is 2. The Morgan fingerprint density at radius 2 is 2.17 bits per heavy atom. The maximum Gasteiger partial charge on any atom is 0.100 e. The van der Waals surface area contributed by atoms with E-state index in [2.05, 4.69) is 25.3 Å². The van der Waals surface area contributed by atoms with Crippen molar-refractivity contribution < 1.29 is 0 Å². The Labute approximate surface area is 72.3 Å². The van der Waals surface area contributed by atoms with Crippen molar-refractivity contribution in [1.82, 2.24) is 0 Å². The fourth-order valence-corrected chi connectivity index (χ4v) is 1.01. The van der Waals surface area contributed by atoms with Crippen LogP contribution in [0.5, 0.6) is 0 Å². The molecule has 0 amide bonds. The van der Waals surface area contributed by atoms with Crippen molar-refractivity contribution in [1.29, 1.82) is 5.26 Å². The van der Waals surface area contributed by atoms with E-state index in [0.29, 0.717) is 5.56 Å². The fraction of sp³-hybridized carbons (Fsp3) is 0. The molecule has 1 aromatic rings. The number of nitriles is 1. The molecule has 0 heterocycles. The van der Waals surface area contributed by atoms with Crippen LogP contribution in [-0.2, 0) is 0 Å². The van der Waals surface area contributed by atoms with E-state index < -0.39 is 0 Å². The lowest BCUT2D eigenvalue weighted by molar-refractivity contribution is 1.43. The minimum absolute atomic E-state index is 0.586. The summed E-state index contributed by atoms with van der Waals surface area (Å²) >= 11 is 0. The highest BCUT2D eigenvalue weighted by atomic mass is 14.2. The monoisotopic (exact) mass is 154 g/mol. The number of hydrogen-bond acceptors (Lipinski definition) is 1. The normalized spacial score (nSPS) is 8.58. The predicted octanol–water partition coefficient (Wildman–Crippen LogP) is 2.54. The maximum atomic E-state index is 8.80. The van der Waals surface area contributed by atoms with E-state index in [1.54, 1.807) is 12.1 Å². The van der Waals surface area contributed by atoms with Gasteiger partial charge in [0.25, 0.3) is 0 Å². The summed E-state index contributed by atoms with van der Waals surface area (Å²) < 4.78 is 0. The molecule has 0 unspecified atom stereocenters. The Balaban J connectivity index is 3.44. The van der Waals surface area contributed by atoms with Gasteiger partial charge in [0.15, 0.2) is 0 Å². The first-order valence-corrected chi connectivity index (χ1v) is 3.52. The maximum absolute atomic E-state index is 8.80. The molecule has 1 radical (unpaired) electrons. The zero-order valence-corrected chi connectivity index (χ0v) is 6.67. The Kier molecular flexibility index (Phi) is 2.45. The molecular weight excluding hydrogens is 146 g/mol. The van der Waals surface area contributed by atoms with Gasteiger partial charge in [0, 0.05) is 5.56 Å².